The lowest BCUT2D eigenvalue weighted by molar-refractivity contribution is 0.142. The Morgan fingerprint density at radius 3 is 2.35 bits per heavy atom. The molecule has 0 spiro atoms. The SMILES string of the molecule is C/C(=C\CSc1ccccc1)COCc1ccccc1. The van der Waals surface area contributed by atoms with Crippen molar-refractivity contribution in [3.05, 3.63) is 77.9 Å². The molecule has 0 bridgehead atoms. The van der Waals surface area contributed by atoms with Crippen LogP contribution in [0.25, 0.3) is 0 Å². The highest BCUT2D eigenvalue weighted by Crippen LogP contribution is 2.17. The molecule has 0 aliphatic carbocycles. The van der Waals surface area contributed by atoms with Crippen molar-refractivity contribution in [1.82, 2.24) is 0 Å². The van der Waals surface area contributed by atoms with Gasteiger partial charge in [-0.1, -0.05) is 60.2 Å². The molecule has 1 nitrogen and oxygen atoms in total. The topological polar surface area (TPSA) is 9.23 Å². The van der Waals surface area contributed by atoms with Crippen LogP contribution in [0.4, 0.5) is 0 Å². The highest BCUT2D eigenvalue weighted by atomic mass is 32.2. The molecule has 2 aromatic carbocycles. The quantitative estimate of drug-likeness (QED) is 0.526. The van der Waals surface area contributed by atoms with Crippen LogP contribution in [0, 0.1) is 0 Å². The molecule has 0 N–H and O–H groups in total. The molecule has 0 aliphatic rings. The lowest BCUT2D eigenvalue weighted by atomic mass is 10.2. The molecule has 0 amide bonds. The molecule has 0 aliphatic heterocycles. The van der Waals surface area contributed by atoms with Crippen molar-refractivity contribution in [2.75, 3.05) is 12.4 Å². The lowest BCUT2D eigenvalue weighted by Crippen LogP contribution is -1.97. The standard InChI is InChI=1S/C18H20OS/c1-16(12-13-20-18-10-6-3-7-11-18)14-19-15-17-8-4-2-5-9-17/h2-12H,13-15H2,1H3/b16-12+. The zero-order valence-corrected chi connectivity index (χ0v) is 12.6. The summed E-state index contributed by atoms with van der Waals surface area (Å²) in [6, 6.07) is 20.7. The summed E-state index contributed by atoms with van der Waals surface area (Å²) in [6.45, 7) is 3.50. The van der Waals surface area contributed by atoms with Crippen molar-refractivity contribution in [2.45, 2.75) is 18.4 Å². The van der Waals surface area contributed by atoms with E-state index in [9.17, 15) is 0 Å². The van der Waals surface area contributed by atoms with Crippen LogP contribution in [0.1, 0.15) is 12.5 Å². The fourth-order valence-corrected chi connectivity index (χ4v) is 2.67. The van der Waals surface area contributed by atoms with E-state index < -0.39 is 0 Å². The van der Waals surface area contributed by atoms with Crippen molar-refractivity contribution in [1.29, 1.82) is 0 Å². The Labute approximate surface area is 125 Å². The fourth-order valence-electron chi connectivity index (χ4n) is 1.76. The van der Waals surface area contributed by atoms with E-state index in [0.29, 0.717) is 13.2 Å². The summed E-state index contributed by atoms with van der Waals surface area (Å²) in [7, 11) is 0. The van der Waals surface area contributed by atoms with Gasteiger partial charge in [-0.3, -0.25) is 0 Å². The third-order valence-corrected chi connectivity index (χ3v) is 3.81. The van der Waals surface area contributed by atoms with Crippen molar-refractivity contribution < 1.29 is 4.74 Å². The average molecular weight is 284 g/mol. The van der Waals surface area contributed by atoms with Gasteiger partial charge in [-0.2, -0.15) is 0 Å². The van der Waals surface area contributed by atoms with Crippen molar-refractivity contribution >= 4 is 11.8 Å². The predicted molar refractivity (Wildman–Crippen MR) is 87.0 cm³/mol. The zero-order valence-electron chi connectivity index (χ0n) is 11.8. The molecule has 2 aromatic rings. The summed E-state index contributed by atoms with van der Waals surface area (Å²) in [5.74, 6) is 0.991. The molecule has 0 heterocycles. The molecule has 0 unspecified atom stereocenters. The highest BCUT2D eigenvalue weighted by Gasteiger charge is 1.94. The maximum Gasteiger partial charge on any atom is 0.0721 e. The summed E-state index contributed by atoms with van der Waals surface area (Å²) in [5.41, 5.74) is 2.50. The van der Waals surface area contributed by atoms with Gasteiger partial charge in [0.25, 0.3) is 0 Å². The van der Waals surface area contributed by atoms with Crippen LogP contribution in [0.2, 0.25) is 0 Å². The van der Waals surface area contributed by atoms with Gasteiger partial charge in [-0.25, -0.2) is 0 Å². The third-order valence-electron chi connectivity index (χ3n) is 2.87. The summed E-state index contributed by atoms with van der Waals surface area (Å²) < 4.78 is 5.71. The average Bonchev–Trinajstić information content (AvgIpc) is 2.49. The van der Waals surface area contributed by atoms with E-state index in [0.717, 1.165) is 5.75 Å². The van der Waals surface area contributed by atoms with Crippen molar-refractivity contribution in [3.8, 4) is 0 Å². The van der Waals surface area contributed by atoms with Crippen LogP contribution >= 0.6 is 11.8 Å². The molecule has 2 heteroatoms. The van der Waals surface area contributed by atoms with E-state index in [2.05, 4.69) is 49.4 Å². The smallest absolute Gasteiger partial charge is 0.0721 e. The summed E-state index contributed by atoms with van der Waals surface area (Å²) in [4.78, 5) is 1.31. The maximum atomic E-state index is 5.71. The van der Waals surface area contributed by atoms with Gasteiger partial charge < -0.3 is 4.74 Å². The first kappa shape index (κ1) is 14.9. The second-order valence-electron chi connectivity index (χ2n) is 4.65. The second-order valence-corrected chi connectivity index (χ2v) is 5.75. The van der Waals surface area contributed by atoms with Crippen molar-refractivity contribution in [2.24, 2.45) is 0 Å². The Bertz CT molecular complexity index is 520. The molecular weight excluding hydrogens is 264 g/mol. The number of thioether (sulfide) groups is 1. The van der Waals surface area contributed by atoms with Gasteiger partial charge in [-0.15, -0.1) is 11.8 Å². The van der Waals surface area contributed by atoms with Gasteiger partial charge in [0.15, 0.2) is 0 Å². The van der Waals surface area contributed by atoms with Crippen LogP contribution in [0.3, 0.4) is 0 Å². The Morgan fingerprint density at radius 2 is 1.65 bits per heavy atom. The van der Waals surface area contributed by atoms with Gasteiger partial charge in [-0.05, 0) is 24.6 Å². The maximum absolute atomic E-state index is 5.71. The van der Waals surface area contributed by atoms with Gasteiger partial charge in [0.05, 0.1) is 13.2 Å². The monoisotopic (exact) mass is 284 g/mol. The third kappa shape index (κ3) is 5.64. The van der Waals surface area contributed by atoms with E-state index in [1.54, 1.807) is 0 Å². The molecule has 0 atom stereocenters. The minimum Gasteiger partial charge on any atom is -0.372 e. The second kappa shape index (κ2) is 8.62. The minimum absolute atomic E-state index is 0.678. The van der Waals surface area contributed by atoms with Crippen LogP contribution in [0.15, 0.2) is 77.2 Å². The molecule has 0 saturated heterocycles. The number of benzene rings is 2. The van der Waals surface area contributed by atoms with Crippen LogP contribution < -0.4 is 0 Å². The van der Waals surface area contributed by atoms with E-state index >= 15 is 0 Å². The predicted octanol–water partition coefficient (Wildman–Crippen LogP) is 4.94. The summed E-state index contributed by atoms with van der Waals surface area (Å²) in [6.07, 6.45) is 2.24. The van der Waals surface area contributed by atoms with E-state index in [1.165, 1.54) is 16.0 Å². The Balaban J connectivity index is 1.67. The highest BCUT2D eigenvalue weighted by molar-refractivity contribution is 7.99. The van der Waals surface area contributed by atoms with E-state index in [-0.39, 0.29) is 0 Å². The molecule has 2 rings (SSSR count). The molecule has 0 radical (unpaired) electrons. The number of ether oxygens (including phenoxy) is 1. The summed E-state index contributed by atoms with van der Waals surface area (Å²) >= 11 is 1.85. The molecule has 0 saturated carbocycles. The first-order chi connectivity index (χ1) is 9.84. The van der Waals surface area contributed by atoms with Crippen LogP contribution in [0.5, 0.6) is 0 Å². The Hall–Kier alpha value is -1.51. The first-order valence-electron chi connectivity index (χ1n) is 6.80. The van der Waals surface area contributed by atoms with Crippen LogP contribution in [-0.4, -0.2) is 12.4 Å². The van der Waals surface area contributed by atoms with E-state index in [4.69, 9.17) is 4.74 Å². The number of rotatable bonds is 7. The van der Waals surface area contributed by atoms with Crippen molar-refractivity contribution in [3.63, 3.8) is 0 Å². The van der Waals surface area contributed by atoms with Gasteiger partial charge in [0, 0.05) is 10.6 Å². The number of hydrogen-bond donors (Lipinski definition) is 0. The summed E-state index contributed by atoms with van der Waals surface area (Å²) in [5, 5.41) is 0. The Kier molecular flexibility index (Phi) is 6.42. The van der Waals surface area contributed by atoms with Gasteiger partial charge in [0.1, 0.15) is 0 Å². The fraction of sp³-hybridized carbons (Fsp3) is 0.222. The minimum atomic E-state index is 0.678. The largest absolute Gasteiger partial charge is 0.372 e. The normalized spacial score (nSPS) is 11.6. The zero-order chi connectivity index (χ0) is 14.0. The molecular formula is C18H20OS. The lowest BCUT2D eigenvalue weighted by Gasteiger charge is -2.05. The molecule has 0 aromatic heterocycles. The van der Waals surface area contributed by atoms with Gasteiger partial charge in [0.2, 0.25) is 0 Å². The van der Waals surface area contributed by atoms with E-state index in [1.807, 2.05) is 36.0 Å². The molecule has 104 valence electrons. The van der Waals surface area contributed by atoms with Gasteiger partial charge >= 0.3 is 0 Å². The first-order valence-corrected chi connectivity index (χ1v) is 7.78. The van der Waals surface area contributed by atoms with Crippen LogP contribution in [-0.2, 0) is 11.3 Å². The Morgan fingerprint density at radius 1 is 1.00 bits per heavy atom. The number of hydrogen-bond acceptors (Lipinski definition) is 2. The molecule has 20 heavy (non-hydrogen) atoms. The molecule has 0 fully saturated rings.